The summed E-state index contributed by atoms with van der Waals surface area (Å²) in [6, 6.07) is 6.52. The SMILES string of the molecule is C=CCCCOc1ccc(Cl)cc1CNC1CC1. The van der Waals surface area contributed by atoms with Gasteiger partial charge in [-0.3, -0.25) is 0 Å². The summed E-state index contributed by atoms with van der Waals surface area (Å²) in [4.78, 5) is 0. The molecular formula is C15H20ClNO. The van der Waals surface area contributed by atoms with Gasteiger partial charge in [0.2, 0.25) is 0 Å². The first-order valence-electron chi connectivity index (χ1n) is 6.55. The molecule has 1 fully saturated rings. The first kappa shape index (κ1) is 13.4. The molecule has 0 atom stereocenters. The second-order valence-corrected chi connectivity index (χ2v) is 5.12. The third-order valence-electron chi connectivity index (χ3n) is 2.99. The summed E-state index contributed by atoms with van der Waals surface area (Å²) >= 11 is 6.03. The number of hydrogen-bond acceptors (Lipinski definition) is 2. The quantitative estimate of drug-likeness (QED) is 0.568. The smallest absolute Gasteiger partial charge is 0.123 e. The number of ether oxygens (including phenoxy) is 1. The van der Waals surface area contributed by atoms with E-state index in [4.69, 9.17) is 16.3 Å². The number of allylic oxidation sites excluding steroid dienone is 1. The van der Waals surface area contributed by atoms with Crippen LogP contribution in [0.3, 0.4) is 0 Å². The standard InChI is InChI=1S/C15H20ClNO/c1-2-3-4-9-18-15-8-5-13(16)10-12(15)11-17-14-6-7-14/h2,5,8,10,14,17H,1,3-4,6-7,9,11H2. The highest BCUT2D eigenvalue weighted by atomic mass is 35.5. The Bertz CT molecular complexity index is 401. The van der Waals surface area contributed by atoms with Gasteiger partial charge in [-0.15, -0.1) is 6.58 Å². The number of rotatable bonds is 8. The van der Waals surface area contributed by atoms with E-state index in [0.717, 1.165) is 42.3 Å². The largest absolute Gasteiger partial charge is 0.493 e. The third-order valence-corrected chi connectivity index (χ3v) is 3.23. The zero-order chi connectivity index (χ0) is 12.8. The van der Waals surface area contributed by atoms with E-state index in [0.29, 0.717) is 6.04 Å². The maximum atomic E-state index is 6.03. The molecular weight excluding hydrogens is 246 g/mol. The Kier molecular flexibility index (Phi) is 5.09. The normalized spacial score (nSPS) is 14.5. The molecule has 2 rings (SSSR count). The van der Waals surface area contributed by atoms with E-state index in [1.54, 1.807) is 0 Å². The Balaban J connectivity index is 1.90. The predicted molar refractivity (Wildman–Crippen MR) is 76.2 cm³/mol. The molecule has 1 aromatic rings. The van der Waals surface area contributed by atoms with Gasteiger partial charge in [0.15, 0.2) is 0 Å². The lowest BCUT2D eigenvalue weighted by Crippen LogP contribution is -2.16. The van der Waals surface area contributed by atoms with Crippen molar-refractivity contribution in [3.8, 4) is 5.75 Å². The minimum absolute atomic E-state index is 0.692. The molecule has 2 nitrogen and oxygen atoms in total. The summed E-state index contributed by atoms with van der Waals surface area (Å²) in [5.74, 6) is 0.941. The summed E-state index contributed by atoms with van der Waals surface area (Å²) < 4.78 is 5.80. The van der Waals surface area contributed by atoms with Gasteiger partial charge in [-0.25, -0.2) is 0 Å². The molecule has 0 spiro atoms. The molecule has 0 unspecified atom stereocenters. The van der Waals surface area contributed by atoms with E-state index in [2.05, 4.69) is 11.9 Å². The Labute approximate surface area is 114 Å². The summed E-state index contributed by atoms with van der Waals surface area (Å²) in [7, 11) is 0. The molecule has 0 amide bonds. The van der Waals surface area contributed by atoms with E-state index in [1.807, 2.05) is 24.3 Å². The highest BCUT2D eigenvalue weighted by Gasteiger charge is 2.20. The molecule has 1 N–H and O–H groups in total. The molecule has 1 saturated carbocycles. The maximum absolute atomic E-state index is 6.03. The second kappa shape index (κ2) is 6.81. The summed E-state index contributed by atoms with van der Waals surface area (Å²) in [5.41, 5.74) is 1.15. The van der Waals surface area contributed by atoms with Gasteiger partial charge in [-0.1, -0.05) is 17.7 Å². The highest BCUT2D eigenvalue weighted by Crippen LogP contribution is 2.25. The van der Waals surface area contributed by atoms with Crippen molar-refractivity contribution in [2.75, 3.05) is 6.61 Å². The zero-order valence-corrected chi connectivity index (χ0v) is 11.4. The lowest BCUT2D eigenvalue weighted by atomic mass is 10.2. The summed E-state index contributed by atoms with van der Waals surface area (Å²) in [6.07, 6.45) is 6.48. The average molecular weight is 266 g/mol. The summed E-state index contributed by atoms with van der Waals surface area (Å²) in [6.45, 7) is 5.27. The van der Waals surface area contributed by atoms with E-state index in [9.17, 15) is 0 Å². The first-order valence-corrected chi connectivity index (χ1v) is 6.93. The molecule has 0 heterocycles. The fourth-order valence-corrected chi connectivity index (χ4v) is 1.97. The van der Waals surface area contributed by atoms with Gasteiger partial charge < -0.3 is 10.1 Å². The molecule has 1 aliphatic carbocycles. The lowest BCUT2D eigenvalue weighted by Gasteiger charge is -2.12. The van der Waals surface area contributed by atoms with Crippen molar-refractivity contribution < 1.29 is 4.74 Å². The molecule has 0 bridgehead atoms. The van der Waals surface area contributed by atoms with Crippen molar-refractivity contribution in [1.82, 2.24) is 5.32 Å². The molecule has 3 heteroatoms. The van der Waals surface area contributed by atoms with Crippen molar-refractivity contribution in [1.29, 1.82) is 0 Å². The number of halogens is 1. The van der Waals surface area contributed by atoms with Crippen LogP contribution < -0.4 is 10.1 Å². The Hall–Kier alpha value is -0.990. The Morgan fingerprint density at radius 1 is 1.44 bits per heavy atom. The van der Waals surface area contributed by atoms with Gasteiger partial charge in [-0.05, 0) is 43.9 Å². The van der Waals surface area contributed by atoms with Crippen LogP contribution >= 0.6 is 11.6 Å². The van der Waals surface area contributed by atoms with Crippen LogP contribution in [0, 0.1) is 0 Å². The molecule has 0 aliphatic heterocycles. The fraction of sp³-hybridized carbons (Fsp3) is 0.467. The molecule has 1 aromatic carbocycles. The van der Waals surface area contributed by atoms with Crippen molar-refractivity contribution in [3.63, 3.8) is 0 Å². The number of benzene rings is 1. The second-order valence-electron chi connectivity index (χ2n) is 4.69. The number of hydrogen-bond donors (Lipinski definition) is 1. The van der Waals surface area contributed by atoms with E-state index in [1.165, 1.54) is 12.8 Å². The van der Waals surface area contributed by atoms with Crippen LogP contribution in [-0.4, -0.2) is 12.6 Å². The predicted octanol–water partition coefficient (Wildman–Crippen LogP) is 3.94. The number of nitrogens with one attached hydrogen (secondary N) is 1. The van der Waals surface area contributed by atoms with Crippen LogP contribution in [0.2, 0.25) is 5.02 Å². The van der Waals surface area contributed by atoms with Gasteiger partial charge >= 0.3 is 0 Å². The van der Waals surface area contributed by atoms with Crippen LogP contribution in [0.4, 0.5) is 0 Å². The van der Waals surface area contributed by atoms with Gasteiger partial charge in [-0.2, -0.15) is 0 Å². The van der Waals surface area contributed by atoms with E-state index in [-0.39, 0.29) is 0 Å². The van der Waals surface area contributed by atoms with Crippen molar-refractivity contribution in [2.24, 2.45) is 0 Å². The van der Waals surface area contributed by atoms with Crippen molar-refractivity contribution in [2.45, 2.75) is 38.3 Å². The lowest BCUT2D eigenvalue weighted by molar-refractivity contribution is 0.308. The Morgan fingerprint density at radius 2 is 2.28 bits per heavy atom. The van der Waals surface area contributed by atoms with Gasteiger partial charge in [0.05, 0.1) is 6.61 Å². The van der Waals surface area contributed by atoms with Crippen LogP contribution in [0.5, 0.6) is 5.75 Å². The molecule has 0 radical (unpaired) electrons. The highest BCUT2D eigenvalue weighted by molar-refractivity contribution is 6.30. The van der Waals surface area contributed by atoms with Crippen LogP contribution in [0.15, 0.2) is 30.9 Å². The van der Waals surface area contributed by atoms with Crippen LogP contribution in [0.25, 0.3) is 0 Å². The molecule has 98 valence electrons. The van der Waals surface area contributed by atoms with Crippen molar-refractivity contribution >= 4 is 11.6 Å². The minimum atomic E-state index is 0.692. The maximum Gasteiger partial charge on any atom is 0.123 e. The van der Waals surface area contributed by atoms with E-state index >= 15 is 0 Å². The summed E-state index contributed by atoms with van der Waals surface area (Å²) in [5, 5.41) is 4.25. The average Bonchev–Trinajstić information content (AvgIpc) is 3.18. The van der Waals surface area contributed by atoms with Gasteiger partial charge in [0, 0.05) is 23.2 Å². The van der Waals surface area contributed by atoms with E-state index < -0.39 is 0 Å². The van der Waals surface area contributed by atoms with Gasteiger partial charge in [0.25, 0.3) is 0 Å². The molecule has 18 heavy (non-hydrogen) atoms. The molecule has 0 aromatic heterocycles. The first-order chi connectivity index (χ1) is 8.79. The zero-order valence-electron chi connectivity index (χ0n) is 10.6. The monoisotopic (exact) mass is 265 g/mol. The van der Waals surface area contributed by atoms with Gasteiger partial charge in [0.1, 0.15) is 5.75 Å². The number of unbranched alkanes of at least 4 members (excludes halogenated alkanes) is 1. The molecule has 0 saturated heterocycles. The topological polar surface area (TPSA) is 21.3 Å². The molecule has 1 aliphatic rings. The Morgan fingerprint density at radius 3 is 3.00 bits per heavy atom. The fourth-order valence-electron chi connectivity index (χ4n) is 1.78. The van der Waals surface area contributed by atoms with Crippen LogP contribution in [0.1, 0.15) is 31.2 Å². The third kappa shape index (κ3) is 4.35. The van der Waals surface area contributed by atoms with Crippen molar-refractivity contribution in [3.05, 3.63) is 41.4 Å². The van der Waals surface area contributed by atoms with Crippen LogP contribution in [-0.2, 0) is 6.54 Å². The minimum Gasteiger partial charge on any atom is -0.493 e.